The van der Waals surface area contributed by atoms with Crippen LogP contribution in [0.3, 0.4) is 0 Å². The van der Waals surface area contributed by atoms with Crippen LogP contribution in [0.4, 0.5) is 20.9 Å². The van der Waals surface area contributed by atoms with E-state index in [1.54, 1.807) is 29.8 Å². The van der Waals surface area contributed by atoms with E-state index in [0.29, 0.717) is 16.6 Å². The summed E-state index contributed by atoms with van der Waals surface area (Å²) in [6, 6.07) is 4.76. The average molecular weight is 376 g/mol. The highest BCUT2D eigenvalue weighted by Gasteiger charge is 2.16. The third-order valence-electron chi connectivity index (χ3n) is 3.44. The number of amides is 2. The number of ether oxygens (including phenoxy) is 1. The Morgan fingerprint density at radius 2 is 2.12 bits per heavy atom. The minimum atomic E-state index is -0.660. The molecule has 0 spiro atoms. The summed E-state index contributed by atoms with van der Waals surface area (Å²) < 4.78 is 6.13. The number of hydrogen-bond donors (Lipinski definition) is 2. The fourth-order valence-corrected chi connectivity index (χ4v) is 2.79. The number of nitrogens with one attached hydrogen (secondary N) is 2. The van der Waals surface area contributed by atoms with Crippen LogP contribution in [0.25, 0.3) is 11.0 Å². The summed E-state index contributed by atoms with van der Waals surface area (Å²) in [5, 5.41) is 15.6. The molecule has 0 radical (unpaired) electrons. The van der Waals surface area contributed by atoms with E-state index in [1.165, 1.54) is 7.11 Å². The van der Waals surface area contributed by atoms with Gasteiger partial charge in [-0.3, -0.25) is 25.5 Å². The van der Waals surface area contributed by atoms with Gasteiger partial charge in [0, 0.05) is 12.6 Å². The minimum absolute atomic E-state index is 0.125. The lowest BCUT2D eigenvalue weighted by Gasteiger charge is -2.04. The molecule has 0 saturated carbocycles. The Kier molecular flexibility index (Phi) is 4.49. The van der Waals surface area contributed by atoms with Crippen LogP contribution in [0.5, 0.6) is 0 Å². The molecule has 0 atom stereocenters. The normalized spacial score (nSPS) is 10.5. The molecule has 26 heavy (non-hydrogen) atoms. The van der Waals surface area contributed by atoms with Crippen molar-refractivity contribution in [3.05, 3.63) is 40.1 Å². The molecule has 0 aliphatic carbocycles. The number of benzene rings is 1. The highest BCUT2D eigenvalue weighted by atomic mass is 32.1. The van der Waals surface area contributed by atoms with Gasteiger partial charge in [0.05, 0.1) is 23.1 Å². The van der Waals surface area contributed by atoms with Crippen molar-refractivity contribution in [2.24, 2.45) is 7.05 Å². The smallest absolute Gasteiger partial charge is 0.413 e. The number of thiazole rings is 1. The standard InChI is InChI=1S/C14H12N6O5S/c1-19-9-5-7(3-4-8(9)16-12(19)18-14(22)25-2)11(21)17-13-15-6-10(26-13)20(23)24/h3-6H,1-2H3,(H,15,17,21)(H,16,18,22). The molecule has 0 bridgehead atoms. The second kappa shape index (κ2) is 6.76. The number of aryl methyl sites for hydroxylation is 1. The van der Waals surface area contributed by atoms with E-state index in [9.17, 15) is 19.7 Å². The topological polar surface area (TPSA) is 141 Å². The zero-order valence-corrected chi connectivity index (χ0v) is 14.4. The van der Waals surface area contributed by atoms with E-state index >= 15 is 0 Å². The largest absolute Gasteiger partial charge is 0.453 e. The first kappa shape index (κ1) is 17.3. The number of hydrogen-bond acceptors (Lipinski definition) is 8. The van der Waals surface area contributed by atoms with Crippen LogP contribution in [0.15, 0.2) is 24.4 Å². The third-order valence-corrected chi connectivity index (χ3v) is 4.30. The van der Waals surface area contributed by atoms with Gasteiger partial charge in [0.25, 0.3) is 5.91 Å². The van der Waals surface area contributed by atoms with Crippen molar-refractivity contribution in [3.63, 3.8) is 0 Å². The summed E-state index contributed by atoms with van der Waals surface area (Å²) in [6.45, 7) is 0. The lowest BCUT2D eigenvalue weighted by Crippen LogP contribution is -2.14. The number of carbonyl (C=O) groups is 2. The van der Waals surface area contributed by atoms with Crippen molar-refractivity contribution in [2.45, 2.75) is 0 Å². The number of fused-ring (bicyclic) bond motifs is 1. The van der Waals surface area contributed by atoms with Gasteiger partial charge in [-0.25, -0.2) is 14.8 Å². The number of aromatic nitrogens is 3. The van der Waals surface area contributed by atoms with Crippen molar-refractivity contribution >= 4 is 50.5 Å². The second-order valence-corrected chi connectivity index (χ2v) is 6.04. The average Bonchev–Trinajstić information content (AvgIpc) is 3.20. The number of nitrogens with zero attached hydrogens (tertiary/aromatic N) is 4. The zero-order chi connectivity index (χ0) is 18.8. The molecule has 3 rings (SSSR count). The van der Waals surface area contributed by atoms with Gasteiger partial charge in [0.15, 0.2) is 5.13 Å². The predicted molar refractivity (Wildman–Crippen MR) is 93.5 cm³/mol. The SMILES string of the molecule is COC(=O)Nc1nc2ccc(C(=O)Nc3ncc([N+](=O)[O-])s3)cc2n1C. The lowest BCUT2D eigenvalue weighted by molar-refractivity contribution is -0.380. The second-order valence-electron chi connectivity index (χ2n) is 5.03. The minimum Gasteiger partial charge on any atom is -0.453 e. The molecule has 0 aliphatic rings. The van der Waals surface area contributed by atoms with Gasteiger partial charge in [-0.15, -0.1) is 0 Å². The summed E-state index contributed by atoms with van der Waals surface area (Å²) in [4.78, 5) is 41.8. The van der Waals surface area contributed by atoms with Crippen molar-refractivity contribution in [3.8, 4) is 0 Å². The molecule has 2 amide bonds. The molecule has 0 aliphatic heterocycles. The molecule has 2 heterocycles. The summed E-state index contributed by atoms with van der Waals surface area (Å²) in [6.07, 6.45) is 0.418. The molecule has 0 fully saturated rings. The van der Waals surface area contributed by atoms with Gasteiger partial charge in [0.2, 0.25) is 5.95 Å². The van der Waals surface area contributed by atoms with Gasteiger partial charge in [-0.1, -0.05) is 0 Å². The maximum absolute atomic E-state index is 12.3. The highest BCUT2D eigenvalue weighted by molar-refractivity contribution is 7.18. The van der Waals surface area contributed by atoms with Crippen molar-refractivity contribution in [2.75, 3.05) is 17.7 Å². The molecular weight excluding hydrogens is 364 g/mol. The molecule has 2 N–H and O–H groups in total. The maximum Gasteiger partial charge on any atom is 0.413 e. The summed E-state index contributed by atoms with van der Waals surface area (Å²) in [7, 11) is 2.91. The first-order valence-corrected chi connectivity index (χ1v) is 7.93. The van der Waals surface area contributed by atoms with Crippen LogP contribution in [0, 0.1) is 10.1 Å². The van der Waals surface area contributed by atoms with E-state index in [1.807, 2.05) is 0 Å². The first-order valence-electron chi connectivity index (χ1n) is 7.12. The first-order chi connectivity index (χ1) is 12.4. The Bertz CT molecular complexity index is 1030. The van der Waals surface area contributed by atoms with Crippen LogP contribution in [0.1, 0.15) is 10.4 Å². The van der Waals surface area contributed by atoms with Gasteiger partial charge >= 0.3 is 11.1 Å². The van der Waals surface area contributed by atoms with Gasteiger partial charge in [-0.05, 0) is 29.5 Å². The van der Waals surface area contributed by atoms with Crippen molar-refractivity contribution in [1.29, 1.82) is 0 Å². The Hall–Kier alpha value is -3.54. The van der Waals surface area contributed by atoms with Crippen molar-refractivity contribution < 1.29 is 19.2 Å². The summed E-state index contributed by atoms with van der Waals surface area (Å²) in [5.74, 6) is -0.209. The monoisotopic (exact) mass is 376 g/mol. The van der Waals surface area contributed by atoms with E-state index in [4.69, 9.17) is 0 Å². The number of imidazole rings is 1. The molecule has 11 nitrogen and oxygen atoms in total. The number of nitro groups is 1. The molecule has 0 saturated heterocycles. The van der Waals surface area contributed by atoms with Crippen molar-refractivity contribution in [1.82, 2.24) is 14.5 Å². The van der Waals surface area contributed by atoms with Gasteiger partial charge < -0.3 is 9.30 Å². The van der Waals surface area contributed by atoms with E-state index in [0.717, 1.165) is 17.5 Å². The fraction of sp³-hybridized carbons (Fsp3) is 0.143. The Labute approximate surface area is 149 Å². The number of anilines is 2. The Balaban J connectivity index is 1.85. The molecule has 134 valence electrons. The van der Waals surface area contributed by atoms with Crippen LogP contribution in [0.2, 0.25) is 0 Å². The highest BCUT2D eigenvalue weighted by Crippen LogP contribution is 2.26. The van der Waals surface area contributed by atoms with E-state index < -0.39 is 16.9 Å². The van der Waals surface area contributed by atoms with Gasteiger partial charge in [0.1, 0.15) is 6.20 Å². The Morgan fingerprint density at radius 3 is 2.77 bits per heavy atom. The van der Waals surface area contributed by atoms with Crippen LogP contribution in [-0.4, -0.2) is 38.6 Å². The summed E-state index contributed by atoms with van der Waals surface area (Å²) in [5.41, 5.74) is 1.48. The molecule has 0 unspecified atom stereocenters. The van der Waals surface area contributed by atoms with E-state index in [-0.39, 0.29) is 16.1 Å². The number of methoxy groups -OCH3 is 1. The van der Waals surface area contributed by atoms with E-state index in [2.05, 4.69) is 25.3 Å². The number of rotatable bonds is 4. The fourth-order valence-electron chi connectivity index (χ4n) is 2.16. The quantitative estimate of drug-likeness (QED) is 0.526. The van der Waals surface area contributed by atoms with Gasteiger partial charge in [-0.2, -0.15) is 0 Å². The molecule has 3 aromatic rings. The maximum atomic E-state index is 12.3. The summed E-state index contributed by atoms with van der Waals surface area (Å²) >= 11 is 0.763. The Morgan fingerprint density at radius 1 is 1.35 bits per heavy atom. The number of carbonyl (C=O) groups excluding carboxylic acids is 2. The van der Waals surface area contributed by atoms with Crippen LogP contribution in [-0.2, 0) is 11.8 Å². The molecule has 2 aromatic heterocycles. The van der Waals surface area contributed by atoms with Crippen LogP contribution >= 0.6 is 11.3 Å². The van der Waals surface area contributed by atoms with Crippen LogP contribution < -0.4 is 10.6 Å². The lowest BCUT2D eigenvalue weighted by atomic mass is 10.2. The molecule has 1 aromatic carbocycles. The predicted octanol–water partition coefficient (Wildman–Crippen LogP) is 2.37. The molecule has 12 heteroatoms. The third kappa shape index (κ3) is 3.30. The molecular formula is C14H12N6O5S. The zero-order valence-electron chi connectivity index (χ0n) is 13.5.